The maximum Gasteiger partial charge on any atom is 0.246 e. The third kappa shape index (κ3) is 4.11. The molecule has 1 aliphatic rings. The Balaban J connectivity index is 1.99. The number of carbonyl (C=O) groups excluding carboxylic acids is 1. The van der Waals surface area contributed by atoms with Gasteiger partial charge < -0.3 is 4.90 Å². The molecule has 0 radical (unpaired) electrons. The molecule has 0 N–H and O–H groups in total. The molecule has 1 amide bonds. The molecule has 0 aliphatic heterocycles. The van der Waals surface area contributed by atoms with Gasteiger partial charge in [-0.1, -0.05) is 43.0 Å². The molecule has 0 unspecified atom stereocenters. The summed E-state index contributed by atoms with van der Waals surface area (Å²) < 4.78 is 0. The Bertz CT molecular complexity index is 460. The minimum Gasteiger partial charge on any atom is -0.336 e. The summed E-state index contributed by atoms with van der Waals surface area (Å²) >= 11 is 5.85. The minimum absolute atomic E-state index is 0.120. The number of hydrogen-bond donors (Lipinski definition) is 0. The van der Waals surface area contributed by atoms with Crippen molar-refractivity contribution in [1.29, 1.82) is 0 Å². The fourth-order valence-electron chi connectivity index (χ4n) is 2.82. The molecule has 2 rings (SSSR count). The molecule has 0 heterocycles. The highest BCUT2D eigenvalue weighted by atomic mass is 35.5. The van der Waals surface area contributed by atoms with Gasteiger partial charge in [-0.3, -0.25) is 4.79 Å². The van der Waals surface area contributed by atoms with E-state index < -0.39 is 0 Å². The third-order valence-electron chi connectivity index (χ3n) is 3.93. The first-order valence-corrected chi connectivity index (χ1v) is 7.82. The predicted molar refractivity (Wildman–Crippen MR) is 84.7 cm³/mol. The summed E-state index contributed by atoms with van der Waals surface area (Å²) in [6.07, 6.45) is 9.64. The van der Waals surface area contributed by atoms with Crippen molar-refractivity contribution in [3.05, 3.63) is 40.9 Å². The van der Waals surface area contributed by atoms with Crippen molar-refractivity contribution in [3.63, 3.8) is 0 Å². The van der Waals surface area contributed by atoms with Crippen molar-refractivity contribution < 1.29 is 4.79 Å². The van der Waals surface area contributed by atoms with E-state index in [-0.39, 0.29) is 5.91 Å². The van der Waals surface area contributed by atoms with Crippen LogP contribution in [0.25, 0.3) is 6.08 Å². The summed E-state index contributed by atoms with van der Waals surface area (Å²) in [5, 5.41) is 0.714. The van der Waals surface area contributed by atoms with Crippen molar-refractivity contribution in [2.24, 2.45) is 0 Å². The maximum atomic E-state index is 12.3. The van der Waals surface area contributed by atoms with E-state index in [2.05, 4.69) is 6.92 Å². The van der Waals surface area contributed by atoms with E-state index in [0.29, 0.717) is 11.1 Å². The van der Waals surface area contributed by atoms with Gasteiger partial charge in [0.05, 0.1) is 0 Å². The fourth-order valence-corrected chi connectivity index (χ4v) is 2.95. The quantitative estimate of drug-likeness (QED) is 0.746. The zero-order valence-corrected chi connectivity index (χ0v) is 12.8. The summed E-state index contributed by atoms with van der Waals surface area (Å²) in [7, 11) is 0. The second kappa shape index (κ2) is 7.49. The summed E-state index contributed by atoms with van der Waals surface area (Å²) in [6.45, 7) is 2.84. The Morgan fingerprint density at radius 1 is 1.25 bits per heavy atom. The average Bonchev–Trinajstić information content (AvgIpc) is 2.48. The number of carbonyl (C=O) groups is 1. The summed E-state index contributed by atoms with van der Waals surface area (Å²) in [5.74, 6) is 0.120. The summed E-state index contributed by atoms with van der Waals surface area (Å²) in [6, 6.07) is 7.94. The lowest BCUT2D eigenvalue weighted by atomic mass is 9.94. The predicted octanol–water partition coefficient (Wildman–Crippen LogP) is 4.53. The Labute approximate surface area is 126 Å². The first kappa shape index (κ1) is 15.1. The van der Waals surface area contributed by atoms with Gasteiger partial charge in [-0.05, 0) is 43.5 Å². The molecule has 0 atom stereocenters. The highest BCUT2D eigenvalue weighted by molar-refractivity contribution is 6.30. The van der Waals surface area contributed by atoms with Crippen molar-refractivity contribution in [2.45, 2.75) is 45.1 Å². The Hall–Kier alpha value is -1.28. The number of amides is 1. The second-order valence-electron chi connectivity index (χ2n) is 5.30. The number of likely N-dealkylation sites (N-methyl/N-ethyl adjacent to an activating group) is 1. The van der Waals surface area contributed by atoms with Gasteiger partial charge in [-0.2, -0.15) is 0 Å². The molecule has 0 saturated heterocycles. The Morgan fingerprint density at radius 2 is 1.90 bits per heavy atom. The van der Waals surface area contributed by atoms with E-state index in [1.165, 1.54) is 19.3 Å². The topological polar surface area (TPSA) is 20.3 Å². The number of benzene rings is 1. The first-order chi connectivity index (χ1) is 9.70. The number of nitrogens with zero attached hydrogens (tertiary/aromatic N) is 1. The van der Waals surface area contributed by atoms with Crippen LogP contribution >= 0.6 is 11.6 Å². The molecule has 20 heavy (non-hydrogen) atoms. The van der Waals surface area contributed by atoms with Crippen molar-refractivity contribution >= 4 is 23.6 Å². The maximum absolute atomic E-state index is 12.3. The van der Waals surface area contributed by atoms with Gasteiger partial charge in [0.25, 0.3) is 0 Å². The van der Waals surface area contributed by atoms with E-state index in [0.717, 1.165) is 24.9 Å². The van der Waals surface area contributed by atoms with Crippen LogP contribution in [0.1, 0.15) is 44.6 Å². The fraction of sp³-hybridized carbons (Fsp3) is 0.471. The van der Waals surface area contributed by atoms with Crippen LogP contribution in [0.5, 0.6) is 0 Å². The highest BCUT2D eigenvalue weighted by Crippen LogP contribution is 2.22. The second-order valence-corrected chi connectivity index (χ2v) is 5.74. The molecule has 2 nitrogen and oxygen atoms in total. The monoisotopic (exact) mass is 291 g/mol. The lowest BCUT2D eigenvalue weighted by Gasteiger charge is -2.32. The van der Waals surface area contributed by atoms with E-state index in [1.807, 2.05) is 35.2 Å². The van der Waals surface area contributed by atoms with Crippen LogP contribution in [0.2, 0.25) is 5.02 Å². The molecule has 108 valence electrons. The van der Waals surface area contributed by atoms with Gasteiger partial charge >= 0.3 is 0 Å². The van der Waals surface area contributed by atoms with Gasteiger partial charge in [-0.15, -0.1) is 0 Å². The molecule has 0 spiro atoms. The van der Waals surface area contributed by atoms with Crippen LogP contribution in [-0.4, -0.2) is 23.4 Å². The number of rotatable bonds is 4. The number of halogens is 1. The van der Waals surface area contributed by atoms with Crippen LogP contribution in [0.15, 0.2) is 30.3 Å². The van der Waals surface area contributed by atoms with Gasteiger partial charge in [0.1, 0.15) is 0 Å². The van der Waals surface area contributed by atoms with Gasteiger partial charge in [-0.25, -0.2) is 0 Å². The largest absolute Gasteiger partial charge is 0.336 e. The molecule has 1 fully saturated rings. The Morgan fingerprint density at radius 3 is 2.50 bits per heavy atom. The lowest BCUT2D eigenvalue weighted by molar-refractivity contribution is -0.128. The van der Waals surface area contributed by atoms with E-state index in [1.54, 1.807) is 6.08 Å². The zero-order chi connectivity index (χ0) is 14.4. The van der Waals surface area contributed by atoms with Crippen molar-refractivity contribution in [1.82, 2.24) is 4.90 Å². The molecule has 3 heteroatoms. The van der Waals surface area contributed by atoms with Gasteiger partial charge in [0, 0.05) is 23.7 Å². The van der Waals surface area contributed by atoms with E-state index in [9.17, 15) is 4.79 Å². The third-order valence-corrected chi connectivity index (χ3v) is 4.18. The van der Waals surface area contributed by atoms with Crippen LogP contribution in [0, 0.1) is 0 Å². The summed E-state index contributed by atoms with van der Waals surface area (Å²) in [5.41, 5.74) is 1.00. The average molecular weight is 292 g/mol. The molecule has 0 bridgehead atoms. The Kier molecular flexibility index (Phi) is 5.66. The zero-order valence-electron chi connectivity index (χ0n) is 12.0. The highest BCUT2D eigenvalue weighted by Gasteiger charge is 2.22. The number of hydrogen-bond acceptors (Lipinski definition) is 1. The van der Waals surface area contributed by atoms with Crippen LogP contribution in [-0.2, 0) is 4.79 Å². The SMILES string of the molecule is CCN(C(=O)/C=C/c1ccc(Cl)cc1)C1CCCCC1. The molecule has 1 saturated carbocycles. The molecule has 1 aromatic carbocycles. The summed E-state index contributed by atoms with van der Waals surface area (Å²) in [4.78, 5) is 14.3. The van der Waals surface area contributed by atoms with E-state index >= 15 is 0 Å². The molecule has 1 aliphatic carbocycles. The smallest absolute Gasteiger partial charge is 0.246 e. The van der Waals surface area contributed by atoms with Crippen LogP contribution < -0.4 is 0 Å². The van der Waals surface area contributed by atoms with Crippen LogP contribution in [0.4, 0.5) is 0 Å². The van der Waals surface area contributed by atoms with Crippen molar-refractivity contribution in [3.8, 4) is 0 Å². The molecule has 1 aromatic rings. The molecular weight excluding hydrogens is 270 g/mol. The minimum atomic E-state index is 0.120. The van der Waals surface area contributed by atoms with Crippen LogP contribution in [0.3, 0.4) is 0 Å². The normalized spacial score (nSPS) is 16.5. The van der Waals surface area contributed by atoms with Gasteiger partial charge in [0.2, 0.25) is 5.91 Å². The first-order valence-electron chi connectivity index (χ1n) is 7.45. The standard InChI is InChI=1S/C17H22ClNO/c1-2-19(16-6-4-3-5-7-16)17(20)13-10-14-8-11-15(18)12-9-14/h8-13,16H,2-7H2,1H3/b13-10+. The molecular formula is C17H22ClNO. The van der Waals surface area contributed by atoms with Gasteiger partial charge in [0.15, 0.2) is 0 Å². The van der Waals surface area contributed by atoms with Crippen molar-refractivity contribution in [2.75, 3.05) is 6.54 Å². The molecule has 0 aromatic heterocycles. The lowest BCUT2D eigenvalue weighted by Crippen LogP contribution is -2.40. The van der Waals surface area contributed by atoms with E-state index in [4.69, 9.17) is 11.6 Å².